The van der Waals surface area contributed by atoms with Crippen LogP contribution in [0.3, 0.4) is 0 Å². The summed E-state index contributed by atoms with van der Waals surface area (Å²) < 4.78 is 1.18. The van der Waals surface area contributed by atoms with E-state index < -0.39 is 0 Å². The van der Waals surface area contributed by atoms with E-state index in [1.165, 1.54) is 14.2 Å². The molecular formula is C11H18BrNS. The fourth-order valence-electron chi connectivity index (χ4n) is 1.60. The van der Waals surface area contributed by atoms with Crippen LogP contribution in [0.1, 0.15) is 43.7 Å². The van der Waals surface area contributed by atoms with E-state index in [2.05, 4.69) is 49.7 Å². The third kappa shape index (κ3) is 3.37. The highest BCUT2D eigenvalue weighted by Crippen LogP contribution is 2.34. The Morgan fingerprint density at radius 3 is 2.43 bits per heavy atom. The van der Waals surface area contributed by atoms with E-state index in [1.807, 2.05) is 0 Å². The molecule has 0 spiro atoms. The number of rotatable bonds is 2. The summed E-state index contributed by atoms with van der Waals surface area (Å²) >= 11 is 5.25. The minimum atomic E-state index is 0.164. The first kappa shape index (κ1) is 12.2. The maximum atomic E-state index is 6.18. The summed E-state index contributed by atoms with van der Waals surface area (Å²) in [5.74, 6) is 0. The minimum absolute atomic E-state index is 0.164. The molecule has 0 aliphatic rings. The molecule has 1 heterocycles. The van der Waals surface area contributed by atoms with Crippen molar-refractivity contribution in [1.29, 1.82) is 0 Å². The molecule has 0 saturated carbocycles. The summed E-state index contributed by atoms with van der Waals surface area (Å²) in [5.41, 5.74) is 7.76. The smallest absolute Gasteiger partial charge is 0.0704 e. The van der Waals surface area contributed by atoms with Gasteiger partial charge in [-0.1, -0.05) is 20.8 Å². The average molecular weight is 276 g/mol. The van der Waals surface area contributed by atoms with Gasteiger partial charge in [0.25, 0.3) is 0 Å². The largest absolute Gasteiger partial charge is 0.324 e. The van der Waals surface area contributed by atoms with Gasteiger partial charge in [-0.05, 0) is 46.3 Å². The second-order valence-electron chi connectivity index (χ2n) is 4.93. The highest BCUT2D eigenvalue weighted by atomic mass is 79.9. The van der Waals surface area contributed by atoms with Crippen molar-refractivity contribution >= 4 is 27.3 Å². The molecule has 1 rings (SSSR count). The van der Waals surface area contributed by atoms with Gasteiger partial charge in [-0.25, -0.2) is 0 Å². The second-order valence-corrected chi connectivity index (χ2v) is 7.57. The highest BCUT2D eigenvalue weighted by Gasteiger charge is 2.19. The quantitative estimate of drug-likeness (QED) is 0.858. The van der Waals surface area contributed by atoms with E-state index >= 15 is 0 Å². The van der Waals surface area contributed by atoms with Crippen molar-refractivity contribution in [1.82, 2.24) is 0 Å². The number of hydrogen-bond donors (Lipinski definition) is 1. The van der Waals surface area contributed by atoms with Crippen LogP contribution >= 0.6 is 27.3 Å². The van der Waals surface area contributed by atoms with E-state index in [9.17, 15) is 0 Å². The molecule has 14 heavy (non-hydrogen) atoms. The Kier molecular flexibility index (Phi) is 3.78. The number of aryl methyl sites for hydroxylation is 1. The third-order valence-corrected chi connectivity index (χ3v) is 3.73. The van der Waals surface area contributed by atoms with E-state index in [0.717, 1.165) is 6.42 Å². The number of halogens is 1. The first-order valence-corrected chi connectivity index (χ1v) is 6.42. The van der Waals surface area contributed by atoms with Gasteiger partial charge < -0.3 is 5.73 Å². The van der Waals surface area contributed by atoms with Crippen molar-refractivity contribution < 1.29 is 0 Å². The molecule has 0 aliphatic heterocycles. The molecule has 1 aromatic rings. The Morgan fingerprint density at radius 1 is 1.50 bits per heavy atom. The molecule has 80 valence electrons. The number of thiophene rings is 1. The van der Waals surface area contributed by atoms with Crippen LogP contribution < -0.4 is 5.73 Å². The van der Waals surface area contributed by atoms with Gasteiger partial charge in [0.05, 0.1) is 3.79 Å². The van der Waals surface area contributed by atoms with Crippen LogP contribution in [-0.2, 0) is 0 Å². The van der Waals surface area contributed by atoms with Gasteiger partial charge in [-0.15, -0.1) is 11.3 Å². The molecule has 0 saturated heterocycles. The molecule has 1 unspecified atom stereocenters. The number of nitrogens with two attached hydrogens (primary N) is 1. The van der Waals surface area contributed by atoms with Gasteiger partial charge >= 0.3 is 0 Å². The van der Waals surface area contributed by atoms with E-state index in [-0.39, 0.29) is 6.04 Å². The second kappa shape index (κ2) is 4.33. The van der Waals surface area contributed by atoms with E-state index in [4.69, 9.17) is 5.73 Å². The minimum Gasteiger partial charge on any atom is -0.324 e. The van der Waals surface area contributed by atoms with Crippen molar-refractivity contribution in [2.24, 2.45) is 11.1 Å². The fraction of sp³-hybridized carbons (Fsp3) is 0.636. The first-order valence-electron chi connectivity index (χ1n) is 4.81. The molecule has 0 aromatic carbocycles. The molecule has 0 fully saturated rings. The van der Waals surface area contributed by atoms with Crippen molar-refractivity contribution in [3.8, 4) is 0 Å². The van der Waals surface area contributed by atoms with E-state index in [0.29, 0.717) is 5.41 Å². The summed E-state index contributed by atoms with van der Waals surface area (Å²) in [6.07, 6.45) is 1.02. The first-order chi connectivity index (χ1) is 6.29. The summed E-state index contributed by atoms with van der Waals surface area (Å²) in [4.78, 5) is 1.33. The Bertz CT molecular complexity index is 312. The van der Waals surface area contributed by atoms with Crippen molar-refractivity contribution in [2.45, 2.75) is 40.2 Å². The Balaban J connectivity index is 2.79. The molecule has 1 atom stereocenters. The third-order valence-electron chi connectivity index (χ3n) is 2.16. The van der Waals surface area contributed by atoms with Crippen LogP contribution in [0.4, 0.5) is 0 Å². The van der Waals surface area contributed by atoms with Crippen LogP contribution in [-0.4, -0.2) is 0 Å². The van der Waals surface area contributed by atoms with Gasteiger partial charge in [0.2, 0.25) is 0 Å². The zero-order valence-corrected chi connectivity index (χ0v) is 11.6. The van der Waals surface area contributed by atoms with Gasteiger partial charge in [-0.3, -0.25) is 0 Å². The Morgan fingerprint density at radius 2 is 2.07 bits per heavy atom. The van der Waals surface area contributed by atoms with Crippen LogP contribution in [0.2, 0.25) is 0 Å². The fourth-order valence-corrected chi connectivity index (χ4v) is 3.38. The molecule has 3 heteroatoms. The zero-order valence-electron chi connectivity index (χ0n) is 9.23. The highest BCUT2D eigenvalue weighted by molar-refractivity contribution is 9.11. The van der Waals surface area contributed by atoms with E-state index in [1.54, 1.807) is 11.3 Å². The van der Waals surface area contributed by atoms with Gasteiger partial charge in [0, 0.05) is 10.9 Å². The Hall–Kier alpha value is 0.140. The lowest BCUT2D eigenvalue weighted by Gasteiger charge is -2.23. The Labute approximate surface area is 98.8 Å². The van der Waals surface area contributed by atoms with Gasteiger partial charge in [0.15, 0.2) is 0 Å². The zero-order chi connectivity index (χ0) is 10.9. The monoisotopic (exact) mass is 275 g/mol. The molecular weight excluding hydrogens is 258 g/mol. The molecule has 1 aromatic heterocycles. The summed E-state index contributed by atoms with van der Waals surface area (Å²) in [5, 5.41) is 0. The average Bonchev–Trinajstić information content (AvgIpc) is 2.26. The normalized spacial score (nSPS) is 14.4. The summed E-state index contributed by atoms with van der Waals surface area (Å²) in [6, 6.07) is 2.31. The van der Waals surface area contributed by atoms with Gasteiger partial charge in [-0.2, -0.15) is 0 Å². The summed E-state index contributed by atoms with van der Waals surface area (Å²) in [7, 11) is 0. The van der Waals surface area contributed by atoms with Crippen LogP contribution in [0.25, 0.3) is 0 Å². The maximum absolute atomic E-state index is 6.18. The molecule has 0 bridgehead atoms. The van der Waals surface area contributed by atoms with Crippen molar-refractivity contribution in [3.63, 3.8) is 0 Å². The summed E-state index contributed by atoms with van der Waals surface area (Å²) in [6.45, 7) is 8.81. The number of hydrogen-bond acceptors (Lipinski definition) is 2. The predicted octanol–water partition coefficient (Wildman–Crippen LogP) is 4.26. The molecule has 0 aliphatic carbocycles. The van der Waals surface area contributed by atoms with Crippen LogP contribution in [0, 0.1) is 12.3 Å². The standard InChI is InChI=1S/C11H18BrNS/c1-7-8(5-10(12)14-7)9(13)6-11(2,3)4/h5,9H,6,13H2,1-4H3. The molecule has 0 amide bonds. The van der Waals surface area contributed by atoms with Crippen LogP contribution in [0.5, 0.6) is 0 Å². The van der Waals surface area contributed by atoms with Crippen molar-refractivity contribution in [3.05, 3.63) is 20.3 Å². The van der Waals surface area contributed by atoms with Crippen molar-refractivity contribution in [2.75, 3.05) is 0 Å². The lowest BCUT2D eigenvalue weighted by Crippen LogP contribution is -2.18. The maximum Gasteiger partial charge on any atom is 0.0704 e. The molecule has 2 N–H and O–H groups in total. The topological polar surface area (TPSA) is 26.0 Å². The molecule has 0 radical (unpaired) electrons. The SMILES string of the molecule is Cc1sc(Br)cc1C(N)CC(C)(C)C. The van der Waals surface area contributed by atoms with Gasteiger partial charge in [0.1, 0.15) is 0 Å². The predicted molar refractivity (Wildman–Crippen MR) is 67.8 cm³/mol. The molecule has 1 nitrogen and oxygen atoms in total. The lowest BCUT2D eigenvalue weighted by atomic mass is 9.86. The van der Waals surface area contributed by atoms with Crippen LogP contribution in [0.15, 0.2) is 9.85 Å². The lowest BCUT2D eigenvalue weighted by molar-refractivity contribution is 0.342.